The number of hydrazone groups is 1. The Labute approximate surface area is 283 Å². The molecule has 0 radical (unpaired) electrons. The number of benzene rings is 4. The molecule has 1 N–H and O–H groups in total. The summed E-state index contributed by atoms with van der Waals surface area (Å²) in [6.45, 7) is 22.4. The van der Waals surface area contributed by atoms with Crippen molar-refractivity contribution in [1.82, 2.24) is 0 Å². The van der Waals surface area contributed by atoms with Crippen LogP contribution in [0.2, 0.25) is 0 Å². The van der Waals surface area contributed by atoms with E-state index in [1.54, 1.807) is 6.34 Å². The van der Waals surface area contributed by atoms with Gasteiger partial charge in [-0.1, -0.05) is 18.2 Å². The van der Waals surface area contributed by atoms with E-state index in [1.165, 1.54) is 17.2 Å². The van der Waals surface area contributed by atoms with E-state index in [9.17, 15) is 9.90 Å². The van der Waals surface area contributed by atoms with Crippen LogP contribution in [-0.2, 0) is 21.1 Å². The van der Waals surface area contributed by atoms with E-state index < -0.39 is 0 Å². The van der Waals surface area contributed by atoms with Gasteiger partial charge in [-0.05, 0) is 137 Å². The number of carbonyl (C=O) groups excluding carboxylic acids is 1. The van der Waals surface area contributed by atoms with Gasteiger partial charge in [0.05, 0.1) is 6.34 Å². The topological polar surface area (TPSA) is 56.1 Å². The third-order valence-corrected chi connectivity index (χ3v) is 9.30. The van der Waals surface area contributed by atoms with Crippen molar-refractivity contribution in [3.8, 4) is 0 Å². The average Bonchev–Trinajstić information content (AvgIpc) is 3.53. The molecule has 45 heavy (non-hydrogen) atoms. The Balaban J connectivity index is 0.000000263. The van der Waals surface area contributed by atoms with Crippen LogP contribution >= 0.6 is 0 Å². The minimum absolute atomic E-state index is 0. The van der Waals surface area contributed by atoms with Crippen molar-refractivity contribution in [3.05, 3.63) is 140 Å². The molecule has 0 unspecified atom stereocenters. The number of para-hydroxylation sites is 2. The molecule has 1 aliphatic heterocycles. The molecule has 0 spiro atoms. The maximum atomic E-state index is 13.1. The van der Waals surface area contributed by atoms with Gasteiger partial charge in [0.1, 0.15) is 5.76 Å². The summed E-state index contributed by atoms with van der Waals surface area (Å²) in [6.07, 6.45) is 3.17. The van der Waals surface area contributed by atoms with E-state index in [0.717, 1.165) is 61.4 Å². The predicted molar refractivity (Wildman–Crippen MR) is 185 cm³/mol. The van der Waals surface area contributed by atoms with Gasteiger partial charge in [-0.3, -0.25) is 4.79 Å². The van der Waals surface area contributed by atoms with Crippen LogP contribution < -0.4 is 9.91 Å². The first-order valence-corrected chi connectivity index (χ1v) is 14.9. The molecule has 5 rings (SSSR count). The number of nitrogens with zero attached hydrogens (tertiary/aromatic N) is 3. The third-order valence-electron chi connectivity index (χ3n) is 9.30. The Morgan fingerprint density at radius 1 is 0.689 bits per heavy atom. The summed E-state index contributed by atoms with van der Waals surface area (Å²) in [5.41, 5.74) is 14.6. The molecule has 0 aliphatic carbocycles. The quantitative estimate of drug-likeness (QED) is 0.0950. The van der Waals surface area contributed by atoms with Gasteiger partial charge in [0.15, 0.2) is 5.78 Å². The Kier molecular flexibility index (Phi) is 11.8. The zero-order valence-corrected chi connectivity index (χ0v) is 30.2. The van der Waals surface area contributed by atoms with Crippen molar-refractivity contribution < 1.29 is 31.0 Å². The van der Waals surface area contributed by atoms with Crippen molar-refractivity contribution >= 4 is 29.3 Å². The van der Waals surface area contributed by atoms with E-state index in [4.69, 9.17) is 0 Å². The van der Waals surface area contributed by atoms with E-state index in [0.29, 0.717) is 5.56 Å². The molecule has 1 aliphatic rings. The van der Waals surface area contributed by atoms with Crippen LogP contribution in [0.1, 0.15) is 71.6 Å². The van der Waals surface area contributed by atoms with Crippen LogP contribution in [0.25, 0.3) is 5.76 Å². The summed E-state index contributed by atoms with van der Waals surface area (Å²) >= 11 is 0. The van der Waals surface area contributed by atoms with Crippen LogP contribution in [0.5, 0.6) is 0 Å². The van der Waals surface area contributed by atoms with Gasteiger partial charge < -0.3 is 15.0 Å². The van der Waals surface area contributed by atoms with Crippen LogP contribution in [0.15, 0.2) is 65.8 Å². The van der Waals surface area contributed by atoms with Crippen molar-refractivity contribution in [3.63, 3.8) is 0 Å². The summed E-state index contributed by atoms with van der Waals surface area (Å²) in [4.78, 5) is 15.0. The molecule has 4 aromatic carbocycles. The van der Waals surface area contributed by atoms with Crippen molar-refractivity contribution in [2.24, 2.45) is 5.10 Å². The molecule has 0 fully saturated rings. The van der Waals surface area contributed by atoms with Gasteiger partial charge in [0, 0.05) is 22.9 Å². The number of rotatable bonds is 5. The summed E-state index contributed by atoms with van der Waals surface area (Å²) < 4.78 is 0. The molecule has 0 saturated heterocycles. The summed E-state index contributed by atoms with van der Waals surface area (Å²) in [6, 6.07) is 21.0. The molecule has 1 heterocycles. The van der Waals surface area contributed by atoms with Gasteiger partial charge in [-0.15, -0.1) is 12.4 Å². The van der Waals surface area contributed by atoms with E-state index >= 15 is 0 Å². The Morgan fingerprint density at radius 2 is 1.16 bits per heavy atom. The molecule has 4 aromatic rings. The zero-order chi connectivity index (χ0) is 32.3. The second kappa shape index (κ2) is 14.9. The predicted octanol–water partition coefficient (Wildman–Crippen LogP) is 9.43. The summed E-state index contributed by atoms with van der Waals surface area (Å²) in [5, 5.41) is 17.0. The average molecular weight is 781 g/mol. The fourth-order valence-electron chi connectivity index (χ4n) is 5.69. The maximum absolute atomic E-state index is 13.1. The molecule has 6 heteroatoms. The first-order chi connectivity index (χ1) is 20.8. The van der Waals surface area contributed by atoms with E-state index in [1.807, 2.05) is 98.9 Å². The number of allylic oxidation sites excluding steroid dienone is 1. The van der Waals surface area contributed by atoms with Crippen molar-refractivity contribution in [1.29, 1.82) is 0 Å². The van der Waals surface area contributed by atoms with Gasteiger partial charge in [0.25, 0.3) is 0 Å². The van der Waals surface area contributed by atoms with Crippen molar-refractivity contribution in [2.75, 3.05) is 9.91 Å². The Hall–Kier alpha value is -3.95. The largest absolute Gasteiger partial charge is 2.00 e. The maximum Gasteiger partial charge on any atom is 2.00 e. The van der Waals surface area contributed by atoms with Gasteiger partial charge in [0.2, 0.25) is 0 Å². The second-order valence-corrected chi connectivity index (χ2v) is 11.6. The second-order valence-electron chi connectivity index (χ2n) is 11.6. The fraction of sp³-hybridized carbons (Fsp3) is 0.256. The van der Waals surface area contributed by atoms with Gasteiger partial charge in [-0.2, -0.15) is 35.4 Å². The minimum atomic E-state index is -0.136. The number of hydrogen-bond acceptors (Lipinski definition) is 5. The fourth-order valence-corrected chi connectivity index (χ4v) is 5.69. The van der Waals surface area contributed by atoms with Crippen molar-refractivity contribution in [2.45, 2.75) is 69.2 Å². The SMILES string of the molecule is Cc1c(C)c(C)c(C(=O)/C=C(\O)c2c(C)c(C)c(C)c(C)c2C)c(C)c1C.[Pt+2].[c-]1ccccc1N1C=NN(c2ccccc2)[CH-]1. The number of anilines is 2. The smallest absolute Gasteiger partial charge is 0.507 e. The normalized spacial score (nSPS) is 12.5. The molecule has 0 amide bonds. The number of ketones is 1. The number of aliphatic hydroxyl groups excluding tert-OH is 1. The van der Waals surface area contributed by atoms with E-state index in [-0.39, 0.29) is 32.6 Å². The number of aliphatic hydroxyl groups is 1. The van der Waals surface area contributed by atoms with Crippen LogP contribution in [-0.4, -0.2) is 17.2 Å². The molecular formula is C39H43N3O2Pt. The zero-order valence-electron chi connectivity index (χ0n) is 27.9. The van der Waals surface area contributed by atoms with Gasteiger partial charge in [-0.25, -0.2) is 0 Å². The monoisotopic (exact) mass is 780 g/mol. The first-order valence-electron chi connectivity index (χ1n) is 14.9. The minimum Gasteiger partial charge on any atom is -0.507 e. The standard InChI is InChI=1S/C25H32O2.C14H11N3.Pt/c1-12-14(3)18(7)24(19(8)15(12)4)22(26)11-23(27)25-20(9)16(5)13(2)17(6)21(25)10;1-3-7-13(8-4-1)16-11-15-17(12-16)14-9-5-2-6-10-14;/h11,26H,1-10H3;1-7,9-12H;/q;-2;+2/b22-11-;;. The first kappa shape index (κ1) is 35.5. The molecule has 0 saturated carbocycles. The Bertz CT molecular complexity index is 1650. The van der Waals surface area contributed by atoms with Gasteiger partial charge >= 0.3 is 21.1 Å². The van der Waals surface area contributed by atoms with Crippen LogP contribution in [0.4, 0.5) is 11.4 Å². The number of carbonyl (C=O) groups is 1. The Morgan fingerprint density at radius 3 is 1.64 bits per heavy atom. The van der Waals surface area contributed by atoms with E-state index in [2.05, 4.69) is 52.7 Å². The molecule has 236 valence electrons. The third kappa shape index (κ3) is 7.31. The molecule has 0 bridgehead atoms. The molecule has 5 nitrogen and oxygen atoms in total. The molecule has 0 atom stereocenters. The van der Waals surface area contributed by atoms with Crippen LogP contribution in [0.3, 0.4) is 0 Å². The number of hydrogen-bond donors (Lipinski definition) is 1. The summed E-state index contributed by atoms with van der Waals surface area (Å²) in [5.74, 6) is -0.0840. The summed E-state index contributed by atoms with van der Waals surface area (Å²) in [7, 11) is 0. The van der Waals surface area contributed by atoms with Crippen LogP contribution in [0, 0.1) is 82.0 Å². The molecular weight excluding hydrogens is 738 g/mol. The molecule has 0 aromatic heterocycles.